The molecule has 0 radical (unpaired) electrons. The molecule has 0 aliphatic rings. The van der Waals surface area contributed by atoms with Crippen LogP contribution in [0.1, 0.15) is 17.3 Å². The minimum Gasteiger partial charge on any atom is -0.477 e. The molecule has 0 atom stereocenters. The number of aromatic nitrogens is 1. The largest absolute Gasteiger partial charge is 0.477 e. The highest BCUT2D eigenvalue weighted by Gasteiger charge is 2.21. The number of anilines is 1. The Labute approximate surface area is 158 Å². The fourth-order valence-corrected chi connectivity index (χ4v) is 3.38. The Kier molecular flexibility index (Phi) is 5.20. The number of benzene rings is 1. The van der Waals surface area contributed by atoms with Crippen LogP contribution in [-0.2, 0) is 4.79 Å². The van der Waals surface area contributed by atoms with Gasteiger partial charge in [0.05, 0.1) is 5.69 Å². The molecule has 3 aromatic rings. The molecule has 26 heavy (non-hydrogen) atoms. The zero-order valence-electron chi connectivity index (χ0n) is 13.5. The number of nitrogens with one attached hydrogen (secondary N) is 1. The van der Waals surface area contributed by atoms with Crippen LogP contribution in [0.3, 0.4) is 0 Å². The number of thiophene rings is 1. The number of rotatable bonds is 5. The van der Waals surface area contributed by atoms with Gasteiger partial charge in [0.1, 0.15) is 5.56 Å². The second-order valence-electron chi connectivity index (χ2n) is 5.27. The SMILES string of the molecule is CC(=O)Nc1csc(Oc2ccc(-c3ccccc3Cl)cn2)c1C(=O)O. The first-order valence-corrected chi connectivity index (χ1v) is 8.72. The summed E-state index contributed by atoms with van der Waals surface area (Å²) >= 11 is 7.24. The number of pyridine rings is 1. The number of hydrogen-bond acceptors (Lipinski definition) is 5. The molecule has 2 aromatic heterocycles. The quantitative estimate of drug-likeness (QED) is 0.648. The second-order valence-corrected chi connectivity index (χ2v) is 6.51. The Morgan fingerprint density at radius 3 is 2.62 bits per heavy atom. The summed E-state index contributed by atoms with van der Waals surface area (Å²) in [4.78, 5) is 26.9. The van der Waals surface area contributed by atoms with Crippen molar-refractivity contribution < 1.29 is 19.4 Å². The standard InChI is InChI=1S/C18H13ClN2O4S/c1-10(22)21-14-9-26-18(16(14)17(23)24)25-15-7-6-11(8-20-15)12-4-2-3-5-13(12)19/h2-9H,1H3,(H,21,22)(H,23,24). The average molecular weight is 389 g/mol. The van der Waals surface area contributed by atoms with Crippen molar-refractivity contribution in [3.8, 4) is 22.1 Å². The van der Waals surface area contributed by atoms with Crippen LogP contribution in [0.15, 0.2) is 48.0 Å². The highest BCUT2D eigenvalue weighted by molar-refractivity contribution is 7.12. The fraction of sp³-hybridized carbons (Fsp3) is 0.0556. The van der Waals surface area contributed by atoms with E-state index in [0.29, 0.717) is 5.02 Å². The smallest absolute Gasteiger partial charge is 0.342 e. The van der Waals surface area contributed by atoms with Crippen molar-refractivity contribution in [1.82, 2.24) is 4.98 Å². The predicted molar refractivity (Wildman–Crippen MR) is 100 cm³/mol. The normalized spacial score (nSPS) is 10.4. The first-order chi connectivity index (χ1) is 12.5. The summed E-state index contributed by atoms with van der Waals surface area (Å²) in [6.07, 6.45) is 1.60. The van der Waals surface area contributed by atoms with Crippen LogP contribution >= 0.6 is 22.9 Å². The maximum absolute atomic E-state index is 11.5. The summed E-state index contributed by atoms with van der Waals surface area (Å²) in [5.41, 5.74) is 1.73. The lowest BCUT2D eigenvalue weighted by molar-refractivity contribution is -0.114. The van der Waals surface area contributed by atoms with E-state index in [2.05, 4.69) is 10.3 Å². The predicted octanol–water partition coefficient (Wildman–Crippen LogP) is 4.91. The van der Waals surface area contributed by atoms with Gasteiger partial charge in [-0.15, -0.1) is 11.3 Å². The first-order valence-electron chi connectivity index (χ1n) is 7.47. The monoisotopic (exact) mass is 388 g/mol. The van der Waals surface area contributed by atoms with Crippen LogP contribution in [-0.4, -0.2) is 22.0 Å². The van der Waals surface area contributed by atoms with E-state index in [-0.39, 0.29) is 28.1 Å². The van der Waals surface area contributed by atoms with E-state index in [1.165, 1.54) is 12.3 Å². The van der Waals surface area contributed by atoms with Gasteiger partial charge in [0.25, 0.3) is 0 Å². The number of ether oxygens (including phenoxy) is 1. The van der Waals surface area contributed by atoms with Crippen molar-refractivity contribution in [2.45, 2.75) is 6.92 Å². The molecule has 2 N–H and O–H groups in total. The Hall–Kier alpha value is -2.90. The maximum Gasteiger partial charge on any atom is 0.342 e. The molecule has 3 rings (SSSR count). The molecule has 0 saturated carbocycles. The Bertz CT molecular complexity index is 970. The van der Waals surface area contributed by atoms with E-state index in [1.54, 1.807) is 24.4 Å². The highest BCUT2D eigenvalue weighted by Crippen LogP contribution is 2.37. The van der Waals surface area contributed by atoms with Crippen molar-refractivity contribution in [2.24, 2.45) is 0 Å². The van der Waals surface area contributed by atoms with Crippen LogP contribution in [0, 0.1) is 0 Å². The molecule has 0 fully saturated rings. The topological polar surface area (TPSA) is 88.5 Å². The zero-order valence-corrected chi connectivity index (χ0v) is 15.1. The minimum atomic E-state index is -1.20. The van der Waals surface area contributed by atoms with Gasteiger partial charge in [-0.2, -0.15) is 0 Å². The molecular weight excluding hydrogens is 376 g/mol. The molecule has 0 aliphatic carbocycles. The summed E-state index contributed by atoms with van der Waals surface area (Å²) in [5, 5.41) is 14.1. The third-order valence-corrected chi connectivity index (χ3v) is 4.58. The molecule has 0 spiro atoms. The van der Waals surface area contributed by atoms with Crippen LogP contribution < -0.4 is 10.1 Å². The molecule has 132 valence electrons. The molecule has 0 bridgehead atoms. The van der Waals surface area contributed by atoms with Gasteiger partial charge in [0, 0.05) is 40.7 Å². The number of carboxylic acids is 1. The average Bonchev–Trinajstić information content (AvgIpc) is 2.98. The number of halogens is 1. The van der Waals surface area contributed by atoms with E-state index in [4.69, 9.17) is 16.3 Å². The maximum atomic E-state index is 11.5. The third-order valence-electron chi connectivity index (χ3n) is 3.40. The fourth-order valence-electron chi connectivity index (χ4n) is 2.29. The van der Waals surface area contributed by atoms with Gasteiger partial charge in [-0.3, -0.25) is 4.79 Å². The number of carboxylic acid groups (broad SMARTS) is 1. The molecule has 0 aliphatic heterocycles. The third kappa shape index (κ3) is 3.84. The number of carbonyl (C=O) groups excluding carboxylic acids is 1. The van der Waals surface area contributed by atoms with Gasteiger partial charge in [0.2, 0.25) is 11.8 Å². The van der Waals surface area contributed by atoms with Crippen molar-refractivity contribution in [1.29, 1.82) is 0 Å². The van der Waals surface area contributed by atoms with E-state index >= 15 is 0 Å². The number of aromatic carboxylic acids is 1. The van der Waals surface area contributed by atoms with Crippen LogP contribution in [0.25, 0.3) is 11.1 Å². The van der Waals surface area contributed by atoms with E-state index in [1.807, 2.05) is 18.2 Å². The zero-order chi connectivity index (χ0) is 18.7. The van der Waals surface area contributed by atoms with Gasteiger partial charge >= 0.3 is 5.97 Å². The lowest BCUT2D eigenvalue weighted by atomic mass is 10.1. The minimum absolute atomic E-state index is 0.109. The highest BCUT2D eigenvalue weighted by atomic mass is 35.5. The lowest BCUT2D eigenvalue weighted by Gasteiger charge is -2.07. The van der Waals surface area contributed by atoms with Gasteiger partial charge in [-0.25, -0.2) is 9.78 Å². The van der Waals surface area contributed by atoms with Gasteiger partial charge in [0.15, 0.2) is 5.06 Å². The second kappa shape index (κ2) is 7.55. The van der Waals surface area contributed by atoms with Crippen molar-refractivity contribution >= 4 is 40.5 Å². The molecule has 1 amide bonds. The summed E-state index contributed by atoms with van der Waals surface area (Å²) in [6, 6.07) is 10.8. The van der Waals surface area contributed by atoms with Crippen LogP contribution in [0.5, 0.6) is 10.9 Å². The number of carbonyl (C=O) groups is 2. The van der Waals surface area contributed by atoms with Crippen molar-refractivity contribution in [2.75, 3.05) is 5.32 Å². The first kappa shape index (κ1) is 17.9. The summed E-state index contributed by atoms with van der Waals surface area (Å²) in [7, 11) is 0. The lowest BCUT2D eigenvalue weighted by Crippen LogP contribution is -2.09. The van der Waals surface area contributed by atoms with E-state index < -0.39 is 5.97 Å². The van der Waals surface area contributed by atoms with Crippen LogP contribution in [0.2, 0.25) is 5.02 Å². The van der Waals surface area contributed by atoms with E-state index in [9.17, 15) is 14.7 Å². The molecule has 6 nitrogen and oxygen atoms in total. The molecular formula is C18H13ClN2O4S. The van der Waals surface area contributed by atoms with Crippen molar-refractivity contribution in [3.05, 3.63) is 58.6 Å². The summed E-state index contributed by atoms with van der Waals surface area (Å²) in [6.45, 7) is 1.30. The summed E-state index contributed by atoms with van der Waals surface area (Å²) in [5.74, 6) is -1.32. The number of amides is 1. The molecule has 1 aromatic carbocycles. The van der Waals surface area contributed by atoms with Crippen LogP contribution in [0.4, 0.5) is 5.69 Å². The van der Waals surface area contributed by atoms with Gasteiger partial charge in [-0.05, 0) is 12.1 Å². The van der Waals surface area contributed by atoms with E-state index in [0.717, 1.165) is 22.5 Å². The Morgan fingerprint density at radius 2 is 2.00 bits per heavy atom. The summed E-state index contributed by atoms with van der Waals surface area (Å²) < 4.78 is 5.60. The van der Waals surface area contributed by atoms with Crippen molar-refractivity contribution in [3.63, 3.8) is 0 Å². The molecule has 2 heterocycles. The number of hydrogen-bond donors (Lipinski definition) is 2. The van der Waals surface area contributed by atoms with Gasteiger partial charge in [-0.1, -0.05) is 29.8 Å². The van der Waals surface area contributed by atoms with Gasteiger partial charge < -0.3 is 15.2 Å². The molecule has 0 unspecified atom stereocenters. The molecule has 0 saturated heterocycles. The Balaban J connectivity index is 1.86. The number of nitrogens with zero attached hydrogens (tertiary/aromatic N) is 1. The molecule has 8 heteroatoms. The Morgan fingerprint density at radius 1 is 1.23 bits per heavy atom.